The van der Waals surface area contributed by atoms with Crippen molar-refractivity contribution in [2.75, 3.05) is 24.5 Å². The van der Waals surface area contributed by atoms with E-state index in [1.807, 2.05) is 13.8 Å². The molecule has 0 unspecified atom stereocenters. The molecule has 1 saturated heterocycles. The average molecular weight is 587 g/mol. The van der Waals surface area contributed by atoms with E-state index in [1.54, 1.807) is 31.0 Å². The number of fused-ring (bicyclic) bond motifs is 1. The van der Waals surface area contributed by atoms with E-state index in [9.17, 15) is 27.9 Å². The number of amides is 1. The molecule has 1 atom stereocenters. The SMILES string of the molecule is Cc1ccnc(C(C)C)c1-n1c(=O)nc(N2CCN(C(=O)O)C[C@@H]2C)c2cc(Cl)c(-c3ccc(F)c(F)c3F)nc21. The summed E-state index contributed by atoms with van der Waals surface area (Å²) in [4.78, 5) is 41.9. The normalized spacial score (nSPS) is 15.7. The molecule has 1 fully saturated rings. The van der Waals surface area contributed by atoms with Gasteiger partial charge in [0.25, 0.3) is 0 Å². The second-order valence-corrected chi connectivity index (χ2v) is 10.7. The molecule has 0 spiro atoms. The summed E-state index contributed by atoms with van der Waals surface area (Å²) in [7, 11) is 0. The first-order valence-corrected chi connectivity index (χ1v) is 13.3. The summed E-state index contributed by atoms with van der Waals surface area (Å²) in [5.41, 5.74) is 0.484. The monoisotopic (exact) mass is 586 g/mol. The van der Waals surface area contributed by atoms with Crippen molar-refractivity contribution in [2.45, 2.75) is 39.7 Å². The van der Waals surface area contributed by atoms with Gasteiger partial charge in [-0.25, -0.2) is 32.3 Å². The number of rotatable bonds is 4. The van der Waals surface area contributed by atoms with Crippen LogP contribution in [0.25, 0.3) is 28.0 Å². The van der Waals surface area contributed by atoms with E-state index < -0.39 is 29.2 Å². The second-order valence-electron chi connectivity index (χ2n) is 10.3. The number of benzene rings is 1. The number of aromatic nitrogens is 4. The van der Waals surface area contributed by atoms with E-state index in [-0.39, 0.29) is 59.3 Å². The number of hydrogen-bond acceptors (Lipinski definition) is 6. The van der Waals surface area contributed by atoms with Crippen molar-refractivity contribution in [1.29, 1.82) is 0 Å². The number of aryl methyl sites for hydroxylation is 1. The third-order valence-corrected chi connectivity index (χ3v) is 7.47. The van der Waals surface area contributed by atoms with Crippen LogP contribution in [0.15, 0.2) is 35.3 Å². The molecule has 4 aromatic rings. The summed E-state index contributed by atoms with van der Waals surface area (Å²) in [5.74, 6) is -4.40. The number of nitrogens with zero attached hydrogens (tertiary/aromatic N) is 6. The van der Waals surface area contributed by atoms with E-state index in [2.05, 4.69) is 15.0 Å². The standard InChI is InChI=1S/C28H26ClF3N6O3/c1-13(2)22-24(14(3)7-8-33-22)38-26-17(11-18(29)23(34-26)16-5-6-19(30)21(32)20(16)31)25(35-27(38)39)37-10-9-36(28(40)41)12-15(37)4/h5-8,11,13,15H,9-10,12H2,1-4H3,(H,40,41)/t15-/m0/s1. The van der Waals surface area contributed by atoms with Gasteiger partial charge < -0.3 is 14.9 Å². The molecule has 13 heteroatoms. The Kier molecular flexibility index (Phi) is 7.37. The summed E-state index contributed by atoms with van der Waals surface area (Å²) in [6.45, 7) is 8.00. The highest BCUT2D eigenvalue weighted by Crippen LogP contribution is 2.36. The molecule has 1 amide bonds. The number of carboxylic acid groups (broad SMARTS) is 1. The lowest BCUT2D eigenvalue weighted by Crippen LogP contribution is -2.54. The van der Waals surface area contributed by atoms with Crippen molar-refractivity contribution >= 4 is 34.5 Å². The Morgan fingerprint density at radius 1 is 1.12 bits per heavy atom. The molecule has 0 saturated carbocycles. The first kappa shape index (κ1) is 28.3. The van der Waals surface area contributed by atoms with E-state index in [1.165, 1.54) is 15.5 Å². The Morgan fingerprint density at radius 2 is 1.85 bits per heavy atom. The van der Waals surface area contributed by atoms with Crippen LogP contribution in [0.3, 0.4) is 0 Å². The van der Waals surface area contributed by atoms with Crippen molar-refractivity contribution in [3.05, 3.63) is 74.7 Å². The van der Waals surface area contributed by atoms with Crippen LogP contribution in [-0.2, 0) is 0 Å². The van der Waals surface area contributed by atoms with Gasteiger partial charge in [-0.05, 0) is 49.6 Å². The van der Waals surface area contributed by atoms with E-state index in [0.29, 0.717) is 22.3 Å². The van der Waals surface area contributed by atoms with Crippen molar-refractivity contribution in [3.8, 4) is 16.9 Å². The minimum Gasteiger partial charge on any atom is -0.465 e. The number of hydrogen-bond donors (Lipinski definition) is 1. The van der Waals surface area contributed by atoms with Gasteiger partial charge in [0.15, 0.2) is 23.1 Å². The van der Waals surface area contributed by atoms with Gasteiger partial charge in [0.1, 0.15) is 5.82 Å². The Bertz CT molecular complexity index is 1760. The predicted molar refractivity (Wildman–Crippen MR) is 148 cm³/mol. The topological polar surface area (TPSA) is 104 Å². The smallest absolute Gasteiger partial charge is 0.407 e. The molecule has 1 N–H and O–H groups in total. The molecule has 1 aliphatic rings. The average Bonchev–Trinajstić information content (AvgIpc) is 2.92. The van der Waals surface area contributed by atoms with Crippen LogP contribution in [-0.4, -0.2) is 61.3 Å². The Labute approximate surface area is 237 Å². The van der Waals surface area contributed by atoms with Gasteiger partial charge in [-0.3, -0.25) is 4.98 Å². The molecule has 0 aliphatic carbocycles. The van der Waals surface area contributed by atoms with Crippen LogP contribution in [0.4, 0.5) is 23.8 Å². The Morgan fingerprint density at radius 3 is 2.51 bits per heavy atom. The molecule has 1 aliphatic heterocycles. The maximum atomic E-state index is 14.9. The molecular weight excluding hydrogens is 561 g/mol. The van der Waals surface area contributed by atoms with Gasteiger partial charge in [-0.2, -0.15) is 4.98 Å². The van der Waals surface area contributed by atoms with Crippen LogP contribution >= 0.6 is 11.6 Å². The largest absolute Gasteiger partial charge is 0.465 e. The molecule has 4 heterocycles. The van der Waals surface area contributed by atoms with Crippen LogP contribution in [0.2, 0.25) is 5.02 Å². The third kappa shape index (κ3) is 4.86. The van der Waals surface area contributed by atoms with Crippen molar-refractivity contribution in [1.82, 2.24) is 24.4 Å². The van der Waals surface area contributed by atoms with Gasteiger partial charge in [-0.1, -0.05) is 25.4 Å². The fourth-order valence-corrected chi connectivity index (χ4v) is 5.41. The number of carbonyl (C=O) groups is 1. The molecule has 1 aromatic carbocycles. The first-order valence-electron chi connectivity index (χ1n) is 12.9. The molecule has 9 nitrogen and oxygen atoms in total. The fourth-order valence-electron chi connectivity index (χ4n) is 5.15. The Hall–Kier alpha value is -4.19. The van der Waals surface area contributed by atoms with Crippen LogP contribution in [0.5, 0.6) is 0 Å². The maximum Gasteiger partial charge on any atom is 0.407 e. The zero-order valence-electron chi connectivity index (χ0n) is 22.6. The lowest BCUT2D eigenvalue weighted by Gasteiger charge is -2.39. The fraction of sp³-hybridized carbons (Fsp3) is 0.321. The lowest BCUT2D eigenvalue weighted by atomic mass is 10.0. The quantitative estimate of drug-likeness (QED) is 0.313. The van der Waals surface area contributed by atoms with E-state index in [0.717, 1.165) is 12.1 Å². The van der Waals surface area contributed by atoms with Crippen molar-refractivity contribution in [2.24, 2.45) is 0 Å². The molecule has 3 aromatic heterocycles. The molecule has 0 bridgehead atoms. The second kappa shape index (κ2) is 10.7. The van der Waals surface area contributed by atoms with Crippen molar-refractivity contribution < 1.29 is 23.1 Å². The van der Waals surface area contributed by atoms with Gasteiger partial charge in [0, 0.05) is 37.4 Å². The summed E-state index contributed by atoms with van der Waals surface area (Å²) >= 11 is 6.59. The van der Waals surface area contributed by atoms with Crippen LogP contribution < -0.4 is 10.6 Å². The summed E-state index contributed by atoms with van der Waals surface area (Å²) < 4.78 is 44.1. The van der Waals surface area contributed by atoms with E-state index in [4.69, 9.17) is 11.6 Å². The zero-order chi connectivity index (χ0) is 29.7. The highest BCUT2D eigenvalue weighted by atomic mass is 35.5. The predicted octanol–water partition coefficient (Wildman–Crippen LogP) is 5.53. The van der Waals surface area contributed by atoms with Gasteiger partial charge in [0.2, 0.25) is 0 Å². The minimum absolute atomic E-state index is 0.0504. The van der Waals surface area contributed by atoms with Crippen LogP contribution in [0, 0.1) is 24.4 Å². The highest BCUT2D eigenvalue weighted by molar-refractivity contribution is 6.33. The zero-order valence-corrected chi connectivity index (χ0v) is 23.4. The lowest BCUT2D eigenvalue weighted by molar-refractivity contribution is 0.136. The van der Waals surface area contributed by atoms with Gasteiger partial charge in [-0.15, -0.1) is 0 Å². The summed E-state index contributed by atoms with van der Waals surface area (Å²) in [6, 6.07) is 4.62. The third-order valence-electron chi connectivity index (χ3n) is 7.19. The first-order chi connectivity index (χ1) is 19.4. The van der Waals surface area contributed by atoms with Gasteiger partial charge in [0.05, 0.1) is 27.5 Å². The van der Waals surface area contributed by atoms with E-state index >= 15 is 0 Å². The molecule has 41 heavy (non-hydrogen) atoms. The van der Waals surface area contributed by atoms with Crippen molar-refractivity contribution in [3.63, 3.8) is 0 Å². The van der Waals surface area contributed by atoms with Crippen LogP contribution in [0.1, 0.15) is 37.9 Å². The number of pyridine rings is 2. The van der Waals surface area contributed by atoms with Gasteiger partial charge >= 0.3 is 11.8 Å². The summed E-state index contributed by atoms with van der Waals surface area (Å²) in [6.07, 6.45) is 0.569. The Balaban J connectivity index is 1.85. The number of piperazine rings is 1. The number of halogens is 4. The summed E-state index contributed by atoms with van der Waals surface area (Å²) in [5, 5.41) is 9.69. The molecule has 214 valence electrons. The molecule has 0 radical (unpaired) electrons. The highest BCUT2D eigenvalue weighted by Gasteiger charge is 2.31. The maximum absolute atomic E-state index is 14.9. The minimum atomic E-state index is -1.68. The number of anilines is 1. The molecular formula is C28H26ClF3N6O3. The molecule has 5 rings (SSSR count).